The number of imidazole rings is 1. The largest absolute Gasteiger partial charge is 0.510 e. The molecule has 0 saturated carbocycles. The molecule has 0 aliphatic carbocycles. The molecule has 0 fully saturated rings. The molecule has 296 valence electrons. The zero-order valence-corrected chi connectivity index (χ0v) is 35.5. The fraction of sp³-hybridized carbons (Fsp3) is 0.170. The molecule has 0 bridgehead atoms. The first kappa shape index (κ1) is 27.6. The third kappa shape index (κ3) is 8.18. The number of rotatable bonds is 8. The maximum Gasteiger partial charge on any atom is 0.267 e. The van der Waals surface area contributed by atoms with Crippen LogP contribution in [0.3, 0.4) is 0 Å². The molecular weight excluding hydrogens is 904 g/mol. The monoisotopic (exact) mass is 961 g/mol. The zero-order valence-electron chi connectivity index (χ0n) is 45.3. The van der Waals surface area contributed by atoms with Crippen molar-refractivity contribution in [3.8, 4) is 50.9 Å². The van der Waals surface area contributed by atoms with Gasteiger partial charge in [0, 0.05) is 59.4 Å². The van der Waals surface area contributed by atoms with Crippen LogP contribution in [0.5, 0.6) is 11.5 Å². The van der Waals surface area contributed by atoms with E-state index in [9.17, 15) is 0 Å². The number of para-hydroxylation sites is 1. The van der Waals surface area contributed by atoms with E-state index in [1.807, 2.05) is 37.5 Å². The molecule has 6 aromatic carbocycles. The minimum Gasteiger partial charge on any atom is -0.510 e. The van der Waals surface area contributed by atoms with Gasteiger partial charge in [-0.15, -0.1) is 29.7 Å². The normalized spacial score (nSPS) is 14.9. The van der Waals surface area contributed by atoms with E-state index in [4.69, 9.17) is 26.2 Å². The summed E-state index contributed by atoms with van der Waals surface area (Å²) in [6, 6.07) is 24.9. The van der Waals surface area contributed by atoms with E-state index in [1.54, 1.807) is 71.7 Å². The van der Waals surface area contributed by atoms with E-state index in [2.05, 4.69) is 57.4 Å². The number of pyridine rings is 1. The van der Waals surface area contributed by atoms with Gasteiger partial charge in [0.05, 0.1) is 19.4 Å². The summed E-state index contributed by atoms with van der Waals surface area (Å²) in [5, 5.41) is 1.87. The minimum absolute atomic E-state index is 0. The van der Waals surface area contributed by atoms with Gasteiger partial charge in [0.25, 0.3) is 6.33 Å². The van der Waals surface area contributed by atoms with E-state index in [0.29, 0.717) is 34.1 Å². The van der Waals surface area contributed by atoms with Gasteiger partial charge < -0.3 is 13.9 Å². The fourth-order valence-corrected chi connectivity index (χ4v) is 7.05. The Kier molecular flexibility index (Phi) is 7.47. The number of fused-ring (bicyclic) bond motifs is 3. The number of ether oxygens (including phenoxy) is 1. The van der Waals surface area contributed by atoms with Crippen molar-refractivity contribution in [1.82, 2.24) is 14.1 Å². The first-order chi connectivity index (χ1) is 32.9. The summed E-state index contributed by atoms with van der Waals surface area (Å²) in [4.78, 5) is 4.75. The van der Waals surface area contributed by atoms with E-state index in [1.165, 1.54) is 4.57 Å². The van der Waals surface area contributed by atoms with Gasteiger partial charge in [0.2, 0.25) is 0 Å². The van der Waals surface area contributed by atoms with Crippen LogP contribution >= 0.6 is 0 Å². The van der Waals surface area contributed by atoms with Gasteiger partial charge in [0.1, 0.15) is 5.82 Å². The third-order valence-corrected chi connectivity index (χ3v) is 9.64. The van der Waals surface area contributed by atoms with Crippen LogP contribution in [0.1, 0.15) is 69.1 Å². The Balaban J connectivity index is 0.00000676. The molecule has 0 unspecified atom stereocenters. The topological polar surface area (TPSA) is 35.9 Å². The van der Waals surface area contributed by atoms with E-state index in [-0.39, 0.29) is 54.4 Å². The molecule has 3 heterocycles. The van der Waals surface area contributed by atoms with Crippen LogP contribution in [-0.2, 0) is 32.9 Å². The van der Waals surface area contributed by atoms with Crippen molar-refractivity contribution in [2.24, 2.45) is 5.41 Å². The molecule has 0 saturated heterocycles. The van der Waals surface area contributed by atoms with Crippen LogP contribution in [-0.4, -0.2) is 14.1 Å². The molecule has 9 aromatic rings. The standard InChI is InChI=1S/C53H46N4O.Pt/c1-52(2,3)35-37-27-28-54-50(31-37)57-48-26-23-40(53(4,5)6)32-47(48)46-25-24-43(34-49(46)57)58-42-20-13-19-41(33-42)55-29-30-56(36-55)51-44(38-15-9-7-10-16-38)21-14-22-45(51)39-17-11-8-12-18-39;/h7-32H,35H2,1-6H3;/q-2;/i7D,8D,9D,10D,11D,12D,15D,16D,17D,18D,35D2;. The number of benzene rings is 6. The van der Waals surface area contributed by atoms with E-state index >= 15 is 0 Å². The molecule has 0 radical (unpaired) electrons. The van der Waals surface area contributed by atoms with Crippen molar-refractivity contribution in [1.29, 1.82) is 0 Å². The van der Waals surface area contributed by atoms with Gasteiger partial charge in [0.15, 0.2) is 0 Å². The van der Waals surface area contributed by atoms with E-state index in [0.717, 1.165) is 21.9 Å². The van der Waals surface area contributed by atoms with Gasteiger partial charge >= 0.3 is 0 Å². The van der Waals surface area contributed by atoms with Crippen LogP contribution in [0.25, 0.3) is 61.3 Å². The first-order valence-corrected chi connectivity index (χ1v) is 18.9. The Hall–Kier alpha value is -6.03. The first-order valence-electron chi connectivity index (χ1n) is 24.9. The number of hydrogen-bond acceptors (Lipinski definition) is 2. The average molecular weight is 962 g/mol. The van der Waals surface area contributed by atoms with Crippen LogP contribution < -0.4 is 9.30 Å². The molecule has 0 aliphatic rings. The van der Waals surface area contributed by atoms with Gasteiger partial charge in [-0.3, -0.25) is 4.57 Å². The molecule has 9 rings (SSSR count). The third-order valence-electron chi connectivity index (χ3n) is 9.64. The van der Waals surface area contributed by atoms with Crippen molar-refractivity contribution in [3.63, 3.8) is 0 Å². The van der Waals surface area contributed by atoms with Crippen molar-refractivity contribution in [2.45, 2.75) is 53.3 Å². The molecule has 59 heavy (non-hydrogen) atoms. The number of hydrogen-bond donors (Lipinski definition) is 0. The molecule has 0 aliphatic heterocycles. The maximum atomic E-state index is 9.04. The Morgan fingerprint density at radius 2 is 1.42 bits per heavy atom. The molecular formula is C53H46N4OPt-2. The summed E-state index contributed by atoms with van der Waals surface area (Å²) < 4.78 is 115. The van der Waals surface area contributed by atoms with Crippen molar-refractivity contribution in [3.05, 3.63) is 187 Å². The Morgan fingerprint density at radius 3 is 2.10 bits per heavy atom. The van der Waals surface area contributed by atoms with Crippen molar-refractivity contribution >= 4 is 21.8 Å². The second-order valence-electron chi connectivity index (χ2n) is 16.0. The summed E-state index contributed by atoms with van der Waals surface area (Å²) >= 11 is 0. The Labute approximate surface area is 378 Å². The quantitative estimate of drug-likeness (QED) is 0.112. The molecule has 0 spiro atoms. The average Bonchev–Trinajstić information content (AvgIpc) is 3.94. The molecule has 3 aromatic heterocycles. The van der Waals surface area contributed by atoms with E-state index < -0.39 is 72.2 Å². The van der Waals surface area contributed by atoms with Crippen molar-refractivity contribution in [2.75, 3.05) is 0 Å². The molecule has 6 heteroatoms. The number of aromatic nitrogens is 4. The predicted octanol–water partition coefficient (Wildman–Crippen LogP) is 12.7. The summed E-state index contributed by atoms with van der Waals surface area (Å²) in [6.45, 7) is 12.1. The van der Waals surface area contributed by atoms with Gasteiger partial charge in [-0.25, -0.2) is 4.98 Å². The maximum absolute atomic E-state index is 9.04. The van der Waals surface area contributed by atoms with Gasteiger partial charge in [-0.05, 0) is 79.9 Å². The van der Waals surface area contributed by atoms with Gasteiger partial charge in [-0.2, -0.15) is 18.2 Å². The van der Waals surface area contributed by atoms with Crippen LogP contribution in [0.2, 0.25) is 0 Å². The molecule has 0 N–H and O–H groups in total. The second-order valence-corrected chi connectivity index (χ2v) is 16.0. The Morgan fingerprint density at radius 1 is 0.746 bits per heavy atom. The summed E-state index contributed by atoms with van der Waals surface area (Å²) in [5.74, 6) is 1.21. The van der Waals surface area contributed by atoms with Crippen LogP contribution in [0, 0.1) is 23.9 Å². The summed E-state index contributed by atoms with van der Waals surface area (Å²) in [5.41, 5.74) is 2.92. The van der Waals surface area contributed by atoms with Crippen molar-refractivity contribution < 1.29 is 46.8 Å². The predicted molar refractivity (Wildman–Crippen MR) is 235 cm³/mol. The van der Waals surface area contributed by atoms with Crippen LogP contribution in [0.4, 0.5) is 0 Å². The number of nitrogens with zero attached hydrogens (tertiary/aromatic N) is 4. The Bertz CT molecular complexity index is 3470. The molecule has 5 nitrogen and oxygen atoms in total. The second kappa shape index (κ2) is 16.0. The van der Waals surface area contributed by atoms with Gasteiger partial charge in [-0.1, -0.05) is 138 Å². The fourth-order valence-electron chi connectivity index (χ4n) is 7.05. The SMILES string of the molecule is [2H]c1c([2H])c([2H])c(-c2cccc(-c3c([2H])c([2H])c([2H])c([2H])c3[2H])c2-[n+]2[c-]n(-c3[c-]c(Oc4[c-]c5c(cc4)c4cc(C(C)(C)C)ccc4n5-c4cc(C([2H])([2H])C(C)(C)C)ccn4)ccc3)cc2)c([2H])c1[2H].[Pt]. The summed E-state index contributed by atoms with van der Waals surface area (Å²) in [6.07, 6.45) is 6.41. The molecule has 0 amide bonds. The smallest absolute Gasteiger partial charge is 0.267 e. The zero-order chi connectivity index (χ0) is 50.5. The minimum atomic E-state index is -1.67. The summed E-state index contributed by atoms with van der Waals surface area (Å²) in [7, 11) is 0. The van der Waals surface area contributed by atoms with Crippen LogP contribution in [0.15, 0.2) is 158 Å². The molecule has 0 atom stereocenters.